The van der Waals surface area contributed by atoms with E-state index in [1.165, 1.54) is 0 Å². The van der Waals surface area contributed by atoms with E-state index in [9.17, 15) is 9.59 Å². The van der Waals surface area contributed by atoms with Gasteiger partial charge >= 0.3 is 0 Å². The zero-order chi connectivity index (χ0) is 22.5. The number of amides is 2. The van der Waals surface area contributed by atoms with Gasteiger partial charge in [0.05, 0.1) is 23.3 Å². The van der Waals surface area contributed by atoms with Crippen LogP contribution in [-0.2, 0) is 16.1 Å². The van der Waals surface area contributed by atoms with Gasteiger partial charge in [0, 0.05) is 17.0 Å². The summed E-state index contributed by atoms with van der Waals surface area (Å²) >= 11 is 0. The molecule has 2 heterocycles. The number of rotatable bonds is 4. The van der Waals surface area contributed by atoms with Crippen LogP contribution in [0.2, 0.25) is 0 Å². The van der Waals surface area contributed by atoms with Gasteiger partial charge in [-0.1, -0.05) is 32.9 Å². The van der Waals surface area contributed by atoms with E-state index >= 15 is 0 Å². The lowest BCUT2D eigenvalue weighted by Gasteiger charge is -2.34. The lowest BCUT2D eigenvalue weighted by Crippen LogP contribution is -2.44. The van der Waals surface area contributed by atoms with Crippen molar-refractivity contribution in [3.05, 3.63) is 48.3 Å². The number of fused-ring (bicyclic) bond motifs is 2. The number of carbonyl (C=O) groups excluding carboxylic acids is 2. The van der Waals surface area contributed by atoms with Crippen LogP contribution in [0.15, 0.2) is 42.5 Å². The van der Waals surface area contributed by atoms with E-state index in [1.54, 1.807) is 4.90 Å². The van der Waals surface area contributed by atoms with E-state index in [-0.39, 0.29) is 18.4 Å². The number of imidazole rings is 1. The fourth-order valence-corrected chi connectivity index (χ4v) is 4.17. The molecule has 7 nitrogen and oxygen atoms in total. The minimum atomic E-state index is -0.504. The Hall–Kier alpha value is -3.35. The molecule has 1 aliphatic carbocycles. The molecular weight excluding hydrogens is 404 g/mol. The zero-order valence-electron chi connectivity index (χ0n) is 18.7. The Balaban J connectivity index is 1.39. The van der Waals surface area contributed by atoms with Crippen LogP contribution >= 0.6 is 0 Å². The third-order valence-corrected chi connectivity index (χ3v) is 5.92. The molecule has 3 aromatic rings. The molecule has 0 atom stereocenters. The molecule has 7 heteroatoms. The Morgan fingerprint density at radius 1 is 1.16 bits per heavy atom. The third kappa shape index (κ3) is 3.83. The van der Waals surface area contributed by atoms with Gasteiger partial charge in [0.25, 0.3) is 0 Å². The van der Waals surface area contributed by atoms with Crippen LogP contribution in [0.5, 0.6) is 5.75 Å². The van der Waals surface area contributed by atoms with Gasteiger partial charge in [0.2, 0.25) is 11.8 Å². The van der Waals surface area contributed by atoms with Crippen LogP contribution in [0.4, 0.5) is 11.4 Å². The van der Waals surface area contributed by atoms with Gasteiger partial charge in [-0.2, -0.15) is 0 Å². The van der Waals surface area contributed by atoms with Crippen molar-refractivity contribution in [1.82, 2.24) is 9.55 Å². The predicted octanol–water partition coefficient (Wildman–Crippen LogP) is 4.32. The summed E-state index contributed by atoms with van der Waals surface area (Å²) in [7, 11) is 0. The molecule has 0 radical (unpaired) electrons. The first-order valence-corrected chi connectivity index (χ1v) is 11.1. The van der Waals surface area contributed by atoms with E-state index in [4.69, 9.17) is 9.72 Å². The summed E-state index contributed by atoms with van der Waals surface area (Å²) in [6.45, 7) is 6.87. The molecule has 1 aromatic heterocycles. The van der Waals surface area contributed by atoms with E-state index in [0.717, 1.165) is 29.7 Å². The second kappa shape index (κ2) is 7.65. The van der Waals surface area contributed by atoms with Crippen molar-refractivity contribution in [1.29, 1.82) is 0 Å². The normalized spacial score (nSPS) is 15.9. The first kappa shape index (κ1) is 20.5. The molecule has 1 saturated carbocycles. The zero-order valence-corrected chi connectivity index (χ0v) is 18.7. The summed E-state index contributed by atoms with van der Waals surface area (Å²) < 4.78 is 7.77. The average Bonchev–Trinajstić information content (AvgIpc) is 3.55. The number of benzene rings is 2. The summed E-state index contributed by atoms with van der Waals surface area (Å²) in [5.41, 5.74) is 2.73. The summed E-state index contributed by atoms with van der Waals surface area (Å²) in [5, 5.41) is 3.00. The van der Waals surface area contributed by atoms with Gasteiger partial charge in [-0.25, -0.2) is 4.98 Å². The van der Waals surface area contributed by atoms with Crippen molar-refractivity contribution >= 4 is 34.2 Å². The molecule has 32 heavy (non-hydrogen) atoms. The quantitative estimate of drug-likeness (QED) is 0.666. The number of hydrogen-bond donors (Lipinski definition) is 1. The van der Waals surface area contributed by atoms with E-state index in [1.807, 2.05) is 67.8 Å². The Kier molecular flexibility index (Phi) is 4.92. The topological polar surface area (TPSA) is 76.5 Å². The first-order chi connectivity index (χ1) is 15.3. The molecule has 166 valence electrons. The number of nitrogens with one attached hydrogen (secondary N) is 1. The van der Waals surface area contributed by atoms with E-state index in [0.29, 0.717) is 36.2 Å². The SMILES string of the molecule is CC(C)(C)C(=O)N1CCOc2ccc(NC(=O)Cn3c(C4CC4)nc4ccccc43)cc21. The number of nitrogens with zero attached hydrogens (tertiary/aromatic N) is 3. The van der Waals surface area contributed by atoms with Crippen molar-refractivity contribution in [3.63, 3.8) is 0 Å². The van der Waals surface area contributed by atoms with Gasteiger partial charge in [-0.3, -0.25) is 9.59 Å². The molecule has 1 fully saturated rings. The first-order valence-electron chi connectivity index (χ1n) is 11.1. The van der Waals surface area contributed by atoms with E-state index in [2.05, 4.69) is 5.32 Å². The highest BCUT2D eigenvalue weighted by Gasteiger charge is 2.32. The number of para-hydroxylation sites is 2. The number of hydrogen-bond acceptors (Lipinski definition) is 4. The molecular formula is C25H28N4O3. The number of anilines is 2. The van der Waals surface area contributed by atoms with E-state index < -0.39 is 5.41 Å². The van der Waals surface area contributed by atoms with Crippen molar-refractivity contribution in [2.45, 2.75) is 46.1 Å². The summed E-state index contributed by atoms with van der Waals surface area (Å²) in [6, 6.07) is 13.4. The predicted molar refractivity (Wildman–Crippen MR) is 124 cm³/mol. The molecule has 1 N–H and O–H groups in total. The molecule has 0 spiro atoms. The molecule has 0 bridgehead atoms. The molecule has 2 amide bonds. The molecule has 0 unspecified atom stereocenters. The third-order valence-electron chi connectivity index (χ3n) is 5.92. The van der Waals surface area contributed by atoms with Crippen LogP contribution in [0.3, 0.4) is 0 Å². The monoisotopic (exact) mass is 432 g/mol. The molecule has 0 saturated heterocycles. The second-order valence-corrected chi connectivity index (χ2v) is 9.61. The molecule has 2 aromatic carbocycles. The summed E-state index contributed by atoms with van der Waals surface area (Å²) in [6.07, 6.45) is 2.24. The fraction of sp³-hybridized carbons (Fsp3) is 0.400. The molecule has 1 aliphatic heterocycles. The second-order valence-electron chi connectivity index (χ2n) is 9.61. The maximum absolute atomic E-state index is 13.0. The minimum Gasteiger partial charge on any atom is -0.490 e. The van der Waals surface area contributed by atoms with Gasteiger partial charge in [-0.05, 0) is 43.2 Å². The smallest absolute Gasteiger partial charge is 0.244 e. The van der Waals surface area contributed by atoms with Gasteiger partial charge < -0.3 is 19.5 Å². The highest BCUT2D eigenvalue weighted by Crippen LogP contribution is 2.41. The summed E-state index contributed by atoms with van der Waals surface area (Å²) in [4.78, 5) is 32.4. The minimum absolute atomic E-state index is 0.0319. The number of aromatic nitrogens is 2. The van der Waals surface area contributed by atoms with Crippen LogP contribution in [-0.4, -0.2) is 34.5 Å². The number of carbonyl (C=O) groups is 2. The van der Waals surface area contributed by atoms with Crippen LogP contribution in [0.1, 0.15) is 45.4 Å². The maximum Gasteiger partial charge on any atom is 0.244 e. The lowest BCUT2D eigenvalue weighted by molar-refractivity contribution is -0.126. The molecule has 5 rings (SSSR count). The van der Waals surface area contributed by atoms with Crippen LogP contribution in [0.25, 0.3) is 11.0 Å². The number of ether oxygens (including phenoxy) is 1. The van der Waals surface area contributed by atoms with Crippen LogP contribution in [0, 0.1) is 5.41 Å². The van der Waals surface area contributed by atoms with Crippen molar-refractivity contribution in [2.24, 2.45) is 5.41 Å². The highest BCUT2D eigenvalue weighted by atomic mass is 16.5. The average molecular weight is 433 g/mol. The lowest BCUT2D eigenvalue weighted by atomic mass is 9.94. The van der Waals surface area contributed by atoms with Gasteiger partial charge in [0.15, 0.2) is 0 Å². The Labute approximate surface area is 187 Å². The van der Waals surface area contributed by atoms with Crippen molar-refractivity contribution in [3.8, 4) is 5.75 Å². The fourth-order valence-electron chi connectivity index (χ4n) is 4.17. The van der Waals surface area contributed by atoms with Gasteiger partial charge in [0.1, 0.15) is 24.7 Å². The van der Waals surface area contributed by atoms with Crippen molar-refractivity contribution in [2.75, 3.05) is 23.4 Å². The maximum atomic E-state index is 13.0. The van der Waals surface area contributed by atoms with Crippen molar-refractivity contribution < 1.29 is 14.3 Å². The Morgan fingerprint density at radius 3 is 2.69 bits per heavy atom. The van der Waals surface area contributed by atoms with Gasteiger partial charge in [-0.15, -0.1) is 0 Å². The molecule has 2 aliphatic rings. The Morgan fingerprint density at radius 2 is 1.94 bits per heavy atom. The standard InChI is InChI=1S/C25H28N4O3/c1-25(2,3)24(31)28-12-13-32-21-11-10-17(14-20(21)28)26-22(30)15-29-19-7-5-4-6-18(19)27-23(29)16-8-9-16/h4-7,10-11,14,16H,8-9,12-13,15H2,1-3H3,(H,26,30). The van der Waals surface area contributed by atoms with Crippen LogP contribution < -0.4 is 15.0 Å². The highest BCUT2D eigenvalue weighted by molar-refractivity contribution is 6.00. The Bertz CT molecular complexity index is 1200. The summed E-state index contributed by atoms with van der Waals surface area (Å²) in [5.74, 6) is 1.99. The largest absolute Gasteiger partial charge is 0.490 e.